The smallest absolute Gasteiger partial charge is 0.0493 e. The Morgan fingerprint density at radius 1 is 1.25 bits per heavy atom. The molecule has 1 heterocycles. The highest BCUT2D eigenvalue weighted by Crippen LogP contribution is 2.25. The van der Waals surface area contributed by atoms with Crippen LogP contribution in [0.3, 0.4) is 0 Å². The Hall–Kier alpha value is -0.900. The monoisotopic (exact) mass is 275 g/mol. The van der Waals surface area contributed by atoms with E-state index in [0.717, 1.165) is 13.1 Å². The predicted octanol–water partition coefficient (Wildman–Crippen LogP) is 2.28. The third-order valence-corrected chi connectivity index (χ3v) is 4.45. The van der Waals surface area contributed by atoms with Gasteiger partial charge in [0.15, 0.2) is 0 Å². The summed E-state index contributed by atoms with van der Waals surface area (Å²) in [5.74, 6) is 0. The molecule has 3 nitrogen and oxygen atoms in total. The van der Waals surface area contributed by atoms with Crippen LogP contribution in [0.25, 0.3) is 0 Å². The lowest BCUT2D eigenvalue weighted by molar-refractivity contribution is 0.179. The number of aryl methyl sites for hydroxylation is 1. The van der Waals surface area contributed by atoms with Gasteiger partial charge in [0.05, 0.1) is 0 Å². The zero-order chi connectivity index (χ0) is 14.5. The number of likely N-dealkylation sites (N-methyl/N-ethyl adjacent to an activating group) is 3. The van der Waals surface area contributed by atoms with Crippen LogP contribution >= 0.6 is 0 Å². The molecule has 1 aromatic rings. The largest absolute Gasteiger partial charge is 0.309 e. The van der Waals surface area contributed by atoms with Gasteiger partial charge in [-0.05, 0) is 58.2 Å². The van der Waals surface area contributed by atoms with E-state index >= 15 is 0 Å². The number of hydrogen-bond donors (Lipinski definition) is 1. The number of hydrogen-bond acceptors (Lipinski definition) is 3. The lowest BCUT2D eigenvalue weighted by Crippen LogP contribution is -2.47. The number of benzene rings is 1. The first-order chi connectivity index (χ1) is 9.63. The molecule has 0 aliphatic carbocycles. The average Bonchev–Trinajstić information content (AvgIpc) is 2.59. The van der Waals surface area contributed by atoms with Crippen molar-refractivity contribution in [1.29, 1.82) is 0 Å². The van der Waals surface area contributed by atoms with Gasteiger partial charge < -0.3 is 15.1 Å². The number of nitrogens with one attached hydrogen (secondary N) is 1. The molecule has 1 saturated heterocycles. The van der Waals surface area contributed by atoms with E-state index in [9.17, 15) is 0 Å². The van der Waals surface area contributed by atoms with E-state index in [4.69, 9.17) is 0 Å². The third kappa shape index (κ3) is 3.60. The number of nitrogens with zero attached hydrogens (tertiary/aromatic N) is 2. The van der Waals surface area contributed by atoms with Gasteiger partial charge in [0.1, 0.15) is 0 Å². The molecule has 3 heteroatoms. The van der Waals surface area contributed by atoms with Gasteiger partial charge in [-0.3, -0.25) is 0 Å². The van der Waals surface area contributed by atoms with E-state index < -0.39 is 0 Å². The van der Waals surface area contributed by atoms with Crippen molar-refractivity contribution >= 4 is 0 Å². The molecule has 0 amide bonds. The Kier molecular flexibility index (Phi) is 5.58. The molecule has 1 N–H and O–H groups in total. The maximum absolute atomic E-state index is 3.72. The van der Waals surface area contributed by atoms with Crippen LogP contribution in [0.5, 0.6) is 0 Å². The second-order valence-corrected chi connectivity index (χ2v) is 6.06. The van der Waals surface area contributed by atoms with E-state index in [1.165, 1.54) is 30.6 Å². The SMILES string of the molecule is CCNC(c1ccccc1C)C1CN(C)CCCN1C. The van der Waals surface area contributed by atoms with Gasteiger partial charge >= 0.3 is 0 Å². The van der Waals surface area contributed by atoms with Crippen LogP contribution in [0, 0.1) is 6.92 Å². The Morgan fingerprint density at radius 3 is 2.70 bits per heavy atom. The molecule has 0 spiro atoms. The summed E-state index contributed by atoms with van der Waals surface area (Å²) in [6, 6.07) is 9.73. The van der Waals surface area contributed by atoms with Crippen molar-refractivity contribution < 1.29 is 0 Å². The first-order valence-corrected chi connectivity index (χ1v) is 7.81. The fourth-order valence-electron chi connectivity index (χ4n) is 3.27. The molecule has 20 heavy (non-hydrogen) atoms. The fraction of sp³-hybridized carbons (Fsp3) is 0.647. The normalized spacial score (nSPS) is 23.5. The van der Waals surface area contributed by atoms with Gasteiger partial charge in [0, 0.05) is 18.6 Å². The molecule has 1 aromatic carbocycles. The molecule has 1 aliphatic rings. The molecule has 1 aliphatic heterocycles. The standard InChI is InChI=1S/C17H29N3/c1-5-18-17(15-10-7-6-9-14(15)2)16-13-19(3)11-8-12-20(16)4/h6-7,9-10,16-18H,5,8,11-13H2,1-4H3. The van der Waals surface area contributed by atoms with Crippen LogP contribution in [0.4, 0.5) is 0 Å². The van der Waals surface area contributed by atoms with Crippen LogP contribution in [-0.2, 0) is 0 Å². The van der Waals surface area contributed by atoms with Crippen LogP contribution < -0.4 is 5.32 Å². The van der Waals surface area contributed by atoms with Gasteiger partial charge in [0.25, 0.3) is 0 Å². The maximum Gasteiger partial charge on any atom is 0.0493 e. The summed E-state index contributed by atoms with van der Waals surface area (Å²) in [4.78, 5) is 5.00. The third-order valence-electron chi connectivity index (χ3n) is 4.45. The van der Waals surface area contributed by atoms with Crippen LogP contribution in [0.15, 0.2) is 24.3 Å². The molecule has 2 unspecified atom stereocenters. The van der Waals surface area contributed by atoms with Crippen molar-refractivity contribution in [3.8, 4) is 0 Å². The Morgan fingerprint density at radius 2 is 2.00 bits per heavy atom. The maximum atomic E-state index is 3.72. The molecule has 112 valence electrons. The predicted molar refractivity (Wildman–Crippen MR) is 86.1 cm³/mol. The van der Waals surface area contributed by atoms with E-state index in [1.807, 2.05) is 0 Å². The first-order valence-electron chi connectivity index (χ1n) is 7.81. The second-order valence-electron chi connectivity index (χ2n) is 6.06. The Bertz CT molecular complexity index is 418. The first kappa shape index (κ1) is 15.5. The molecule has 0 saturated carbocycles. The summed E-state index contributed by atoms with van der Waals surface area (Å²) in [6.07, 6.45) is 1.26. The molecule has 2 rings (SSSR count). The van der Waals surface area contributed by atoms with Crippen molar-refractivity contribution in [3.05, 3.63) is 35.4 Å². The molecular formula is C17H29N3. The second kappa shape index (κ2) is 7.21. The van der Waals surface area contributed by atoms with Crippen LogP contribution in [-0.4, -0.2) is 56.1 Å². The summed E-state index contributed by atoms with van der Waals surface area (Å²) >= 11 is 0. The topological polar surface area (TPSA) is 18.5 Å². The van der Waals surface area contributed by atoms with Gasteiger partial charge in [0.2, 0.25) is 0 Å². The molecule has 0 aromatic heterocycles. The van der Waals surface area contributed by atoms with Crippen molar-refractivity contribution in [2.24, 2.45) is 0 Å². The van der Waals surface area contributed by atoms with Crippen LogP contribution in [0.2, 0.25) is 0 Å². The Labute approximate surface area is 124 Å². The minimum Gasteiger partial charge on any atom is -0.309 e. The molecule has 0 radical (unpaired) electrons. The average molecular weight is 275 g/mol. The zero-order valence-electron chi connectivity index (χ0n) is 13.4. The van der Waals surface area contributed by atoms with Crippen molar-refractivity contribution in [2.45, 2.75) is 32.4 Å². The zero-order valence-corrected chi connectivity index (χ0v) is 13.4. The van der Waals surface area contributed by atoms with Crippen LogP contribution in [0.1, 0.15) is 30.5 Å². The highest BCUT2D eigenvalue weighted by atomic mass is 15.2. The van der Waals surface area contributed by atoms with Crippen molar-refractivity contribution in [2.75, 3.05) is 40.3 Å². The summed E-state index contributed by atoms with van der Waals surface area (Å²) in [5, 5.41) is 3.72. The van der Waals surface area contributed by atoms with Gasteiger partial charge in [-0.15, -0.1) is 0 Å². The van der Waals surface area contributed by atoms with E-state index in [2.05, 4.69) is 67.3 Å². The van der Waals surface area contributed by atoms with Crippen molar-refractivity contribution in [1.82, 2.24) is 15.1 Å². The fourth-order valence-corrected chi connectivity index (χ4v) is 3.27. The lowest BCUT2D eigenvalue weighted by Gasteiger charge is -2.36. The number of rotatable bonds is 4. The minimum absolute atomic E-state index is 0.409. The Balaban J connectivity index is 2.28. The summed E-state index contributed by atoms with van der Waals surface area (Å²) in [7, 11) is 4.51. The molecule has 0 bridgehead atoms. The summed E-state index contributed by atoms with van der Waals surface area (Å²) in [5.41, 5.74) is 2.83. The molecule has 2 atom stereocenters. The van der Waals surface area contributed by atoms with Crippen molar-refractivity contribution in [3.63, 3.8) is 0 Å². The quantitative estimate of drug-likeness (QED) is 0.909. The highest BCUT2D eigenvalue weighted by molar-refractivity contribution is 5.30. The van der Waals surface area contributed by atoms with E-state index in [-0.39, 0.29) is 0 Å². The van der Waals surface area contributed by atoms with E-state index in [0.29, 0.717) is 12.1 Å². The highest BCUT2D eigenvalue weighted by Gasteiger charge is 2.29. The lowest BCUT2D eigenvalue weighted by atomic mass is 9.94. The van der Waals surface area contributed by atoms with Gasteiger partial charge in [-0.25, -0.2) is 0 Å². The van der Waals surface area contributed by atoms with E-state index in [1.54, 1.807) is 0 Å². The van der Waals surface area contributed by atoms with Gasteiger partial charge in [-0.1, -0.05) is 31.2 Å². The molecule has 1 fully saturated rings. The summed E-state index contributed by atoms with van der Waals surface area (Å²) in [6.45, 7) is 8.94. The minimum atomic E-state index is 0.409. The molecular weight excluding hydrogens is 246 g/mol. The summed E-state index contributed by atoms with van der Waals surface area (Å²) < 4.78 is 0. The van der Waals surface area contributed by atoms with Gasteiger partial charge in [-0.2, -0.15) is 0 Å².